The summed E-state index contributed by atoms with van der Waals surface area (Å²) in [6, 6.07) is 0. The van der Waals surface area contributed by atoms with Gasteiger partial charge >= 0.3 is 0 Å². The zero-order valence-electron chi connectivity index (χ0n) is 9.69. The maximum absolute atomic E-state index is 5.58. The molecular formula is C11H19N3OS. The molecule has 1 saturated heterocycles. The number of rotatable bonds is 4. The molecule has 1 aliphatic heterocycles. The van der Waals surface area contributed by atoms with E-state index >= 15 is 0 Å². The molecule has 1 aromatic rings. The summed E-state index contributed by atoms with van der Waals surface area (Å²) in [5.41, 5.74) is 5.58. The fourth-order valence-electron chi connectivity index (χ4n) is 1.96. The number of nitrogens with zero attached hydrogens (tertiary/aromatic N) is 2. The maximum Gasteiger partial charge on any atom is 0.185 e. The molecule has 2 N–H and O–H groups in total. The Balaban J connectivity index is 1.88. The minimum Gasteiger partial charge on any atom is -0.381 e. The third-order valence-electron chi connectivity index (χ3n) is 2.94. The fraction of sp³-hybridized carbons (Fsp3) is 0.727. The number of thiazole rings is 1. The van der Waals surface area contributed by atoms with E-state index in [1.165, 1.54) is 12.8 Å². The van der Waals surface area contributed by atoms with Crippen molar-refractivity contribution in [2.45, 2.75) is 19.4 Å². The van der Waals surface area contributed by atoms with E-state index in [4.69, 9.17) is 10.5 Å². The molecular weight excluding hydrogens is 222 g/mol. The summed E-state index contributed by atoms with van der Waals surface area (Å²) < 4.78 is 5.36. The first-order chi connectivity index (χ1) is 7.79. The first-order valence-corrected chi connectivity index (χ1v) is 6.55. The predicted octanol–water partition coefficient (Wildman–Crippen LogP) is 1.46. The zero-order valence-corrected chi connectivity index (χ0v) is 10.5. The van der Waals surface area contributed by atoms with Crippen molar-refractivity contribution < 1.29 is 4.74 Å². The summed E-state index contributed by atoms with van der Waals surface area (Å²) in [6.07, 6.45) is 4.21. The van der Waals surface area contributed by atoms with Crippen LogP contribution in [0.2, 0.25) is 0 Å². The van der Waals surface area contributed by atoms with Crippen molar-refractivity contribution in [1.82, 2.24) is 4.98 Å². The number of nitrogens with two attached hydrogens (primary N) is 1. The smallest absolute Gasteiger partial charge is 0.185 e. The van der Waals surface area contributed by atoms with Crippen molar-refractivity contribution >= 4 is 16.5 Å². The average Bonchev–Trinajstić information content (AvgIpc) is 2.79. The van der Waals surface area contributed by atoms with E-state index in [0.29, 0.717) is 6.54 Å². The van der Waals surface area contributed by atoms with E-state index in [0.717, 1.165) is 35.7 Å². The lowest BCUT2D eigenvalue weighted by molar-refractivity contribution is 0.0685. The highest BCUT2D eigenvalue weighted by Crippen LogP contribution is 2.24. The van der Waals surface area contributed by atoms with Crippen LogP contribution < -0.4 is 10.6 Å². The van der Waals surface area contributed by atoms with Crippen LogP contribution in [-0.4, -0.2) is 31.8 Å². The minimum atomic E-state index is 0.586. The molecule has 0 aromatic carbocycles. The molecule has 0 saturated carbocycles. The average molecular weight is 241 g/mol. The maximum atomic E-state index is 5.58. The Morgan fingerprint density at radius 1 is 1.56 bits per heavy atom. The number of anilines is 1. The van der Waals surface area contributed by atoms with E-state index in [1.807, 2.05) is 6.20 Å². The van der Waals surface area contributed by atoms with Crippen LogP contribution in [0.5, 0.6) is 0 Å². The highest BCUT2D eigenvalue weighted by molar-refractivity contribution is 7.15. The number of aromatic nitrogens is 1. The standard InChI is InChI=1S/C11H19N3OS/c1-14(8-9-2-4-15-5-3-9)11-13-7-10(6-12)16-11/h7,9H,2-6,8,12H2,1H3. The minimum absolute atomic E-state index is 0.586. The molecule has 1 aliphatic rings. The summed E-state index contributed by atoms with van der Waals surface area (Å²) in [6.45, 7) is 3.47. The Hall–Kier alpha value is -0.650. The molecule has 0 aliphatic carbocycles. The summed E-state index contributed by atoms with van der Waals surface area (Å²) >= 11 is 1.69. The number of hydrogen-bond donors (Lipinski definition) is 1. The van der Waals surface area contributed by atoms with Gasteiger partial charge in [-0.2, -0.15) is 0 Å². The van der Waals surface area contributed by atoms with Gasteiger partial charge in [0.2, 0.25) is 0 Å². The Kier molecular flexibility index (Phi) is 4.15. The van der Waals surface area contributed by atoms with Crippen LogP contribution >= 0.6 is 11.3 Å². The largest absolute Gasteiger partial charge is 0.381 e. The van der Waals surface area contributed by atoms with Gasteiger partial charge in [0.05, 0.1) is 0 Å². The summed E-state index contributed by atoms with van der Waals surface area (Å²) in [5.74, 6) is 0.740. The highest BCUT2D eigenvalue weighted by Gasteiger charge is 2.17. The molecule has 0 radical (unpaired) electrons. The van der Waals surface area contributed by atoms with E-state index in [2.05, 4.69) is 16.9 Å². The molecule has 1 aromatic heterocycles. The Morgan fingerprint density at radius 3 is 2.94 bits per heavy atom. The molecule has 1 fully saturated rings. The molecule has 0 atom stereocenters. The second-order valence-corrected chi connectivity index (χ2v) is 5.34. The number of ether oxygens (including phenoxy) is 1. The van der Waals surface area contributed by atoms with Crippen LogP contribution in [0.3, 0.4) is 0 Å². The quantitative estimate of drug-likeness (QED) is 0.867. The van der Waals surface area contributed by atoms with Crippen molar-refractivity contribution in [1.29, 1.82) is 0 Å². The van der Waals surface area contributed by atoms with Crippen LogP contribution in [0.25, 0.3) is 0 Å². The monoisotopic (exact) mass is 241 g/mol. The van der Waals surface area contributed by atoms with Gasteiger partial charge in [0.25, 0.3) is 0 Å². The molecule has 4 nitrogen and oxygen atoms in total. The first kappa shape index (κ1) is 11.8. The lowest BCUT2D eigenvalue weighted by atomic mass is 10.0. The molecule has 2 heterocycles. The van der Waals surface area contributed by atoms with Gasteiger partial charge in [-0.3, -0.25) is 0 Å². The SMILES string of the molecule is CN(CC1CCOCC1)c1ncc(CN)s1. The summed E-state index contributed by atoms with van der Waals surface area (Å²) in [7, 11) is 2.11. The highest BCUT2D eigenvalue weighted by atomic mass is 32.1. The van der Waals surface area contributed by atoms with Crippen molar-refractivity contribution in [3.8, 4) is 0 Å². The van der Waals surface area contributed by atoms with Crippen molar-refractivity contribution in [3.63, 3.8) is 0 Å². The normalized spacial score (nSPS) is 17.6. The van der Waals surface area contributed by atoms with Crippen molar-refractivity contribution in [2.24, 2.45) is 11.7 Å². The third kappa shape index (κ3) is 2.93. The fourth-order valence-corrected chi connectivity index (χ4v) is 2.72. The Morgan fingerprint density at radius 2 is 2.31 bits per heavy atom. The second kappa shape index (κ2) is 5.61. The van der Waals surface area contributed by atoms with E-state index in [-0.39, 0.29) is 0 Å². The molecule has 2 rings (SSSR count). The Bertz CT molecular complexity index is 323. The zero-order chi connectivity index (χ0) is 11.4. The van der Waals surface area contributed by atoms with Crippen LogP contribution in [0.1, 0.15) is 17.7 Å². The van der Waals surface area contributed by atoms with Gasteiger partial charge in [0.1, 0.15) is 0 Å². The van der Waals surface area contributed by atoms with E-state index < -0.39 is 0 Å². The molecule has 0 unspecified atom stereocenters. The molecule has 0 amide bonds. The molecule has 5 heteroatoms. The van der Waals surface area contributed by atoms with E-state index in [9.17, 15) is 0 Å². The van der Waals surface area contributed by atoms with Crippen molar-refractivity contribution in [2.75, 3.05) is 31.7 Å². The predicted molar refractivity (Wildman–Crippen MR) is 66.8 cm³/mol. The summed E-state index contributed by atoms with van der Waals surface area (Å²) in [4.78, 5) is 7.77. The molecule has 0 spiro atoms. The molecule has 16 heavy (non-hydrogen) atoms. The van der Waals surface area contributed by atoms with Gasteiger partial charge in [-0.1, -0.05) is 0 Å². The first-order valence-electron chi connectivity index (χ1n) is 5.73. The van der Waals surface area contributed by atoms with Crippen LogP contribution in [0, 0.1) is 5.92 Å². The van der Waals surface area contributed by atoms with Crippen LogP contribution in [0.4, 0.5) is 5.13 Å². The van der Waals surface area contributed by atoms with Crippen molar-refractivity contribution in [3.05, 3.63) is 11.1 Å². The molecule has 90 valence electrons. The lowest BCUT2D eigenvalue weighted by Crippen LogP contribution is -2.29. The second-order valence-electron chi connectivity index (χ2n) is 4.25. The van der Waals surface area contributed by atoms with Gasteiger partial charge in [-0.15, -0.1) is 11.3 Å². The van der Waals surface area contributed by atoms with Crippen LogP contribution in [0.15, 0.2) is 6.20 Å². The number of hydrogen-bond acceptors (Lipinski definition) is 5. The third-order valence-corrected chi connectivity index (χ3v) is 4.08. The lowest BCUT2D eigenvalue weighted by Gasteiger charge is -2.26. The van der Waals surface area contributed by atoms with Crippen LogP contribution in [-0.2, 0) is 11.3 Å². The topological polar surface area (TPSA) is 51.4 Å². The van der Waals surface area contributed by atoms with E-state index in [1.54, 1.807) is 11.3 Å². The van der Waals surface area contributed by atoms with Gasteiger partial charge in [0.15, 0.2) is 5.13 Å². The Labute approximate surface area is 100 Å². The molecule has 0 bridgehead atoms. The summed E-state index contributed by atoms with van der Waals surface area (Å²) in [5, 5.41) is 1.08. The van der Waals surface area contributed by atoms with Gasteiger partial charge in [0, 0.05) is 44.4 Å². The van der Waals surface area contributed by atoms with Gasteiger partial charge < -0.3 is 15.4 Å². The van der Waals surface area contributed by atoms with Gasteiger partial charge in [-0.25, -0.2) is 4.98 Å². The van der Waals surface area contributed by atoms with Gasteiger partial charge in [-0.05, 0) is 18.8 Å².